The van der Waals surface area contributed by atoms with E-state index >= 15 is 0 Å². The average Bonchev–Trinajstić information content (AvgIpc) is 3.27. The summed E-state index contributed by atoms with van der Waals surface area (Å²) < 4.78 is 0.555. The number of aliphatic imine (C=N–C) groups is 1. The Morgan fingerprint density at radius 2 is 2.38 bits per heavy atom. The predicted octanol–water partition coefficient (Wildman–Crippen LogP) is 2.95. The summed E-state index contributed by atoms with van der Waals surface area (Å²) in [5.74, 6) is 0.778. The number of amides is 2. The van der Waals surface area contributed by atoms with Crippen molar-refractivity contribution in [2.75, 3.05) is 18.8 Å². The first kappa shape index (κ1) is 17.7. The number of thiocarbonyl (C=S) groups is 1. The lowest BCUT2D eigenvalue weighted by Crippen LogP contribution is -2.31. The zero-order valence-corrected chi connectivity index (χ0v) is 16.0. The van der Waals surface area contributed by atoms with Crippen LogP contribution in [0.5, 0.6) is 0 Å². The topological polar surface area (TPSA) is 61.8 Å². The Kier molecular flexibility index (Phi) is 6.09. The molecule has 5 nitrogen and oxygen atoms in total. The second kappa shape index (κ2) is 8.28. The summed E-state index contributed by atoms with van der Waals surface area (Å²) in [4.78, 5) is 31.7. The van der Waals surface area contributed by atoms with E-state index in [0.717, 1.165) is 17.2 Å². The van der Waals surface area contributed by atoms with Gasteiger partial charge >= 0.3 is 0 Å². The summed E-state index contributed by atoms with van der Waals surface area (Å²) in [6.07, 6.45) is 2.79. The Bertz CT molecular complexity index is 712. The maximum absolute atomic E-state index is 12.4. The number of thiophene rings is 1. The van der Waals surface area contributed by atoms with E-state index in [1.165, 1.54) is 11.8 Å². The van der Waals surface area contributed by atoms with E-state index in [1.807, 2.05) is 23.6 Å². The van der Waals surface area contributed by atoms with Gasteiger partial charge in [0, 0.05) is 23.6 Å². The lowest BCUT2D eigenvalue weighted by atomic mass is 10.2. The molecule has 0 atom stereocenters. The number of carbonyl (C=O) groups is 2. The van der Waals surface area contributed by atoms with Crippen LogP contribution in [0.1, 0.15) is 17.7 Å². The molecule has 1 saturated heterocycles. The Morgan fingerprint density at radius 1 is 1.50 bits per heavy atom. The zero-order chi connectivity index (χ0) is 16.9. The molecule has 2 amide bonds. The van der Waals surface area contributed by atoms with Gasteiger partial charge in [0.1, 0.15) is 4.32 Å². The van der Waals surface area contributed by atoms with Crippen LogP contribution in [0.25, 0.3) is 6.08 Å². The quantitative estimate of drug-likeness (QED) is 0.611. The van der Waals surface area contributed by atoms with Crippen molar-refractivity contribution in [2.45, 2.75) is 12.8 Å². The van der Waals surface area contributed by atoms with E-state index in [9.17, 15) is 9.59 Å². The summed E-state index contributed by atoms with van der Waals surface area (Å²) in [5, 5.41) is 5.46. The molecule has 0 spiro atoms. The summed E-state index contributed by atoms with van der Waals surface area (Å²) in [6, 6.07) is 3.91. The van der Waals surface area contributed by atoms with Crippen molar-refractivity contribution in [1.82, 2.24) is 10.2 Å². The molecule has 0 radical (unpaired) electrons. The average molecular weight is 398 g/mol. The van der Waals surface area contributed by atoms with Crippen molar-refractivity contribution < 1.29 is 9.59 Å². The summed E-state index contributed by atoms with van der Waals surface area (Å²) >= 11 is 9.75. The van der Waals surface area contributed by atoms with Crippen LogP contribution in [0.3, 0.4) is 0 Å². The third kappa shape index (κ3) is 4.47. The monoisotopic (exact) mass is 397 g/mol. The molecule has 0 aliphatic carbocycles. The van der Waals surface area contributed by atoms with E-state index in [2.05, 4.69) is 10.3 Å². The molecule has 126 valence electrons. The molecule has 1 fully saturated rings. The van der Waals surface area contributed by atoms with Gasteiger partial charge in [-0.1, -0.05) is 41.8 Å². The minimum atomic E-state index is -0.0745. The number of rotatable bonds is 5. The summed E-state index contributed by atoms with van der Waals surface area (Å²) in [5.41, 5.74) is 0. The van der Waals surface area contributed by atoms with Gasteiger partial charge in [-0.2, -0.15) is 0 Å². The van der Waals surface area contributed by atoms with Gasteiger partial charge in [0.05, 0.1) is 11.4 Å². The van der Waals surface area contributed by atoms with Crippen molar-refractivity contribution in [3.63, 3.8) is 0 Å². The molecule has 2 aliphatic heterocycles. The highest BCUT2D eigenvalue weighted by Gasteiger charge is 2.31. The Morgan fingerprint density at radius 3 is 3.08 bits per heavy atom. The van der Waals surface area contributed by atoms with Crippen LogP contribution in [0.4, 0.5) is 0 Å². The molecular weight excluding hydrogens is 382 g/mol. The minimum absolute atomic E-state index is 0.0669. The molecular formula is C15H15N3O2S4. The normalized spacial score (nSPS) is 19.2. The van der Waals surface area contributed by atoms with Gasteiger partial charge in [-0.15, -0.1) is 11.3 Å². The van der Waals surface area contributed by atoms with Crippen LogP contribution in [-0.4, -0.2) is 45.0 Å². The van der Waals surface area contributed by atoms with Crippen molar-refractivity contribution in [3.05, 3.63) is 27.3 Å². The third-order valence-corrected chi connectivity index (χ3v) is 6.40. The second-order valence-corrected chi connectivity index (χ2v) is 8.77. The minimum Gasteiger partial charge on any atom is -0.305 e. The highest BCUT2D eigenvalue weighted by Crippen LogP contribution is 2.33. The number of nitrogens with zero attached hydrogens (tertiary/aromatic N) is 2. The molecule has 24 heavy (non-hydrogen) atoms. The van der Waals surface area contributed by atoms with E-state index in [-0.39, 0.29) is 11.8 Å². The van der Waals surface area contributed by atoms with Crippen molar-refractivity contribution in [3.8, 4) is 0 Å². The number of amidine groups is 1. The zero-order valence-electron chi connectivity index (χ0n) is 12.7. The van der Waals surface area contributed by atoms with Gasteiger partial charge in [0.2, 0.25) is 5.91 Å². The molecule has 0 unspecified atom stereocenters. The molecule has 9 heteroatoms. The second-order valence-electron chi connectivity index (χ2n) is 5.04. The predicted molar refractivity (Wildman–Crippen MR) is 106 cm³/mol. The SMILES string of the molecule is O=C(CCCN1C(=O)/C(=C\c2cccs2)SC1=S)NC1=NCCS1. The highest BCUT2D eigenvalue weighted by molar-refractivity contribution is 8.26. The fourth-order valence-corrected chi connectivity index (χ4v) is 4.96. The number of carbonyl (C=O) groups excluding carboxylic acids is 2. The van der Waals surface area contributed by atoms with Gasteiger partial charge < -0.3 is 5.32 Å². The molecule has 1 aromatic heterocycles. The largest absolute Gasteiger partial charge is 0.305 e. The van der Waals surface area contributed by atoms with E-state index in [4.69, 9.17) is 12.2 Å². The standard InChI is InChI=1S/C15H15N3O2S4/c19-12(17-14-16-5-8-23-14)4-1-6-18-13(20)11(24-15(18)21)9-10-3-2-7-22-10/h2-3,7,9H,1,4-6,8H2,(H,16,17,19)/b11-9+. The smallest absolute Gasteiger partial charge is 0.266 e. The first-order valence-corrected chi connectivity index (χ1v) is 10.5. The Balaban J connectivity index is 1.49. The van der Waals surface area contributed by atoms with Gasteiger partial charge in [0.25, 0.3) is 5.91 Å². The van der Waals surface area contributed by atoms with Gasteiger partial charge in [0.15, 0.2) is 5.17 Å². The maximum Gasteiger partial charge on any atom is 0.266 e. The van der Waals surface area contributed by atoms with E-state index < -0.39 is 0 Å². The lowest BCUT2D eigenvalue weighted by molar-refractivity contribution is -0.123. The van der Waals surface area contributed by atoms with Crippen LogP contribution in [-0.2, 0) is 9.59 Å². The van der Waals surface area contributed by atoms with E-state index in [1.54, 1.807) is 28.0 Å². The van der Waals surface area contributed by atoms with Crippen molar-refractivity contribution in [1.29, 1.82) is 0 Å². The number of hydrogen-bond acceptors (Lipinski definition) is 7. The van der Waals surface area contributed by atoms with Crippen LogP contribution < -0.4 is 5.32 Å². The fourth-order valence-electron chi connectivity index (χ4n) is 2.19. The molecule has 2 aliphatic rings. The maximum atomic E-state index is 12.4. The van der Waals surface area contributed by atoms with Gasteiger partial charge in [-0.3, -0.25) is 19.5 Å². The molecule has 1 N–H and O–H groups in total. The molecule has 1 aromatic rings. The highest BCUT2D eigenvalue weighted by atomic mass is 32.2. The first-order valence-electron chi connectivity index (χ1n) is 7.39. The summed E-state index contributed by atoms with van der Waals surface area (Å²) in [7, 11) is 0. The van der Waals surface area contributed by atoms with Crippen LogP contribution in [0, 0.1) is 0 Å². The third-order valence-electron chi connectivity index (χ3n) is 3.31. The first-order chi connectivity index (χ1) is 11.6. The van der Waals surface area contributed by atoms with Crippen molar-refractivity contribution in [2.24, 2.45) is 4.99 Å². The molecule has 0 aromatic carbocycles. The molecule has 0 bridgehead atoms. The molecule has 0 saturated carbocycles. The van der Waals surface area contributed by atoms with Crippen LogP contribution >= 0.6 is 47.1 Å². The molecule has 3 heterocycles. The van der Waals surface area contributed by atoms with Crippen LogP contribution in [0.2, 0.25) is 0 Å². The lowest BCUT2D eigenvalue weighted by Gasteiger charge is -2.13. The Labute approximate surface area is 158 Å². The summed E-state index contributed by atoms with van der Waals surface area (Å²) in [6.45, 7) is 1.22. The van der Waals surface area contributed by atoms with Crippen LogP contribution in [0.15, 0.2) is 27.4 Å². The Hall–Kier alpha value is -1.16. The van der Waals surface area contributed by atoms with Gasteiger partial charge in [-0.05, 0) is 23.9 Å². The number of nitrogens with one attached hydrogen (secondary N) is 1. The number of thioether (sulfide) groups is 2. The number of hydrogen-bond donors (Lipinski definition) is 1. The van der Waals surface area contributed by atoms with Gasteiger partial charge in [-0.25, -0.2) is 0 Å². The van der Waals surface area contributed by atoms with Crippen molar-refractivity contribution >= 4 is 74.5 Å². The molecule has 3 rings (SSSR count). The van der Waals surface area contributed by atoms with E-state index in [0.29, 0.717) is 33.8 Å². The fraction of sp³-hybridized carbons (Fsp3) is 0.333.